The molecule has 13 rings (SSSR count). The number of imidazole rings is 1. The van der Waals surface area contributed by atoms with E-state index in [1.807, 2.05) is 69.9 Å². The SMILES string of the molecule is [2H]c1c([2H])c([2H])c(-c2cccc(-c3c([2H])c([2H])c([2H])c([2H])c3[2H])c2CCC[n+]2[c-]n(-c3cc(Oc4ccc5c6cc(-c7cc(-c8ccccc8)cc(-c8ccccc8)c7)ccc6n(-c6cc(C(C)(C)C)ccn6)c5c4)ccn3)c3ccccc32)c([2H])c1[2H]. The van der Waals surface area contributed by atoms with Gasteiger partial charge in [0.2, 0.25) is 6.33 Å². The summed E-state index contributed by atoms with van der Waals surface area (Å²) < 4.78 is 99.2. The first kappa shape index (κ1) is 38.0. The molecule has 0 aliphatic heterocycles. The van der Waals surface area contributed by atoms with Crippen LogP contribution in [0.1, 0.15) is 52.0 Å². The predicted octanol–water partition coefficient (Wildman–Crippen LogP) is 17.7. The van der Waals surface area contributed by atoms with Crippen molar-refractivity contribution in [1.29, 1.82) is 0 Å². The monoisotopic (exact) mass is 1020 g/mol. The number of ether oxygens (including phenoxy) is 1. The summed E-state index contributed by atoms with van der Waals surface area (Å²) in [4.78, 5) is 9.80. The number of nitrogens with zero attached hydrogens (tertiary/aromatic N) is 5. The fraction of sp³-hybridized carbons (Fsp3) is 0.0972. The molecule has 0 radical (unpaired) electrons. The summed E-state index contributed by atoms with van der Waals surface area (Å²) in [7, 11) is 0. The van der Waals surface area contributed by atoms with Crippen molar-refractivity contribution in [2.24, 2.45) is 0 Å². The summed E-state index contributed by atoms with van der Waals surface area (Å²) in [5.74, 6) is 2.47. The summed E-state index contributed by atoms with van der Waals surface area (Å²) in [6, 6.07) is 56.5. The van der Waals surface area contributed by atoms with Gasteiger partial charge in [-0.1, -0.05) is 190 Å². The van der Waals surface area contributed by atoms with Crippen molar-refractivity contribution in [2.75, 3.05) is 0 Å². The van der Waals surface area contributed by atoms with Gasteiger partial charge in [0.25, 0.3) is 0 Å². The van der Waals surface area contributed by atoms with Gasteiger partial charge in [-0.25, -0.2) is 4.98 Å². The number of benzene rings is 9. The van der Waals surface area contributed by atoms with Gasteiger partial charge in [0, 0.05) is 35.3 Å². The van der Waals surface area contributed by atoms with Crippen LogP contribution in [-0.4, -0.2) is 19.1 Å². The first-order valence-electron chi connectivity index (χ1n) is 31.1. The van der Waals surface area contributed by atoms with Crippen LogP contribution in [0.15, 0.2) is 255 Å². The van der Waals surface area contributed by atoms with Gasteiger partial charge in [-0.05, 0) is 146 Å². The third kappa shape index (κ3) is 9.43. The van der Waals surface area contributed by atoms with Crippen molar-refractivity contribution in [3.8, 4) is 78.8 Å². The van der Waals surface area contributed by atoms with E-state index in [-0.39, 0.29) is 23.0 Å². The highest BCUT2D eigenvalue weighted by atomic mass is 16.5. The van der Waals surface area contributed by atoms with Crippen molar-refractivity contribution < 1.29 is 23.0 Å². The van der Waals surface area contributed by atoms with Crippen LogP contribution in [0.3, 0.4) is 0 Å². The Morgan fingerprint density at radius 2 is 1.10 bits per heavy atom. The maximum absolute atomic E-state index is 8.93. The molecule has 0 bridgehead atoms. The quantitative estimate of drug-likeness (QED) is 0.0854. The molecule has 376 valence electrons. The second-order valence-corrected chi connectivity index (χ2v) is 20.4. The normalized spacial score (nSPS) is 13.5. The second kappa shape index (κ2) is 20.5. The molecule has 0 spiro atoms. The number of hydrogen-bond acceptors (Lipinski definition) is 3. The van der Waals surface area contributed by atoms with Crippen molar-refractivity contribution in [3.63, 3.8) is 0 Å². The Kier molecular flexibility index (Phi) is 9.97. The maximum Gasteiger partial charge on any atom is 0.245 e. The highest BCUT2D eigenvalue weighted by molar-refractivity contribution is 6.11. The fourth-order valence-corrected chi connectivity index (χ4v) is 10.6. The molecule has 4 aromatic heterocycles. The standard InChI is InChI=1S/C72H57N5O/c1-72(2,3)58-37-39-74-71(46-58)77-66-36-33-54(57-43-55(50-20-8-4-9-21-50)42-56(44-57)51-22-10-5-11-23-51)45-65(66)64-35-34-59(47-69(64)77)78-60-38-40-73-70(48-60)76-49-75(67-31-16-17-32-68(67)76)41-19-30-63-61(52-24-12-6-13-25-52)28-18-29-62(63)53-26-14-7-15-27-53/h4-18,20-29,31-40,42-48H,19,30,41H2,1-3H3/i6D,7D,12D,13D,14D,15D,24D,25D,26D,27D. The van der Waals surface area contributed by atoms with Gasteiger partial charge in [-0.15, -0.1) is 0 Å². The Labute approximate surface area is 469 Å². The van der Waals surface area contributed by atoms with Crippen LogP contribution in [0.4, 0.5) is 0 Å². The predicted molar refractivity (Wildman–Crippen MR) is 319 cm³/mol. The summed E-state index contributed by atoms with van der Waals surface area (Å²) in [5.41, 5.74) is 12.3. The molecule has 9 aromatic carbocycles. The molecule has 0 aliphatic carbocycles. The maximum atomic E-state index is 8.93. The minimum atomic E-state index is -0.538. The molecule has 6 heteroatoms. The summed E-state index contributed by atoms with van der Waals surface area (Å²) >= 11 is 0. The number of aromatic nitrogens is 5. The molecule has 0 unspecified atom stereocenters. The molecule has 0 atom stereocenters. The van der Waals surface area contributed by atoms with Gasteiger partial charge in [-0.2, -0.15) is 0 Å². The Balaban J connectivity index is 0.856. The molecule has 0 saturated carbocycles. The molecule has 0 aliphatic rings. The van der Waals surface area contributed by atoms with Gasteiger partial charge in [0.15, 0.2) is 0 Å². The van der Waals surface area contributed by atoms with E-state index in [0.29, 0.717) is 47.0 Å². The number of rotatable bonds is 13. The highest BCUT2D eigenvalue weighted by Gasteiger charge is 2.21. The van der Waals surface area contributed by atoms with Crippen molar-refractivity contribution in [3.05, 3.63) is 272 Å². The second-order valence-electron chi connectivity index (χ2n) is 20.4. The number of pyridine rings is 2. The molecule has 6 nitrogen and oxygen atoms in total. The van der Waals surface area contributed by atoms with Gasteiger partial charge >= 0.3 is 0 Å². The number of para-hydroxylation sites is 2. The van der Waals surface area contributed by atoms with Gasteiger partial charge in [0.1, 0.15) is 23.1 Å². The lowest BCUT2D eigenvalue weighted by atomic mass is 9.88. The molecule has 0 saturated heterocycles. The Morgan fingerprint density at radius 3 is 1.78 bits per heavy atom. The molecular weight excluding hydrogens is 951 g/mol. The lowest BCUT2D eigenvalue weighted by molar-refractivity contribution is -0.676. The van der Waals surface area contributed by atoms with Gasteiger partial charge in [0.05, 0.1) is 42.3 Å². The highest BCUT2D eigenvalue weighted by Crippen LogP contribution is 2.40. The molecule has 78 heavy (non-hydrogen) atoms. The van der Waals surface area contributed by atoms with Crippen LogP contribution in [0, 0.1) is 6.33 Å². The molecular formula is C72H57N5O. The molecule has 0 amide bonds. The zero-order valence-electron chi connectivity index (χ0n) is 53.2. The van der Waals surface area contributed by atoms with Crippen LogP contribution in [-0.2, 0) is 18.4 Å². The zero-order chi connectivity index (χ0) is 61.3. The Hall–Kier alpha value is -9.65. The minimum absolute atomic E-state index is 0.0437. The lowest BCUT2D eigenvalue weighted by Crippen LogP contribution is -2.33. The summed E-state index contributed by atoms with van der Waals surface area (Å²) in [6.07, 6.45) is 7.72. The first-order valence-corrected chi connectivity index (χ1v) is 26.1. The van der Waals surface area contributed by atoms with E-state index < -0.39 is 60.4 Å². The number of fused-ring (bicyclic) bond motifs is 4. The van der Waals surface area contributed by atoms with E-state index in [0.717, 1.165) is 77.6 Å². The van der Waals surface area contributed by atoms with E-state index in [4.69, 9.17) is 28.4 Å². The van der Waals surface area contributed by atoms with Crippen LogP contribution in [0.2, 0.25) is 0 Å². The largest absolute Gasteiger partial charge is 0.458 e. The Morgan fingerprint density at radius 1 is 0.487 bits per heavy atom. The molecule has 0 fully saturated rings. The van der Waals surface area contributed by atoms with E-state index >= 15 is 0 Å². The average Bonchev–Trinajstić information content (AvgIpc) is 1.47. The summed E-state index contributed by atoms with van der Waals surface area (Å²) in [6.45, 7) is 6.98. The smallest absolute Gasteiger partial charge is 0.245 e. The van der Waals surface area contributed by atoms with Crippen molar-refractivity contribution in [1.82, 2.24) is 19.1 Å². The molecule has 4 heterocycles. The fourth-order valence-electron chi connectivity index (χ4n) is 10.6. The van der Waals surface area contributed by atoms with Crippen LogP contribution >= 0.6 is 0 Å². The van der Waals surface area contributed by atoms with Gasteiger partial charge in [-0.3, -0.25) is 9.55 Å². The first-order chi connectivity index (χ1) is 42.4. The van der Waals surface area contributed by atoms with Crippen LogP contribution in [0.5, 0.6) is 11.5 Å². The van der Waals surface area contributed by atoms with E-state index in [1.54, 1.807) is 24.4 Å². The minimum Gasteiger partial charge on any atom is -0.458 e. The lowest BCUT2D eigenvalue weighted by Gasteiger charge is -2.20. The number of aryl methyl sites for hydroxylation is 1. The zero-order valence-corrected chi connectivity index (χ0v) is 43.2. The van der Waals surface area contributed by atoms with E-state index in [9.17, 15) is 0 Å². The Bertz CT molecular complexity index is 4720. The summed E-state index contributed by atoms with van der Waals surface area (Å²) in [5, 5.41) is 2.10. The molecule has 0 N–H and O–H groups in total. The number of hydrogen-bond donors (Lipinski definition) is 0. The average molecular weight is 1020 g/mol. The van der Waals surface area contributed by atoms with Crippen molar-refractivity contribution >= 4 is 32.8 Å². The molecule has 13 aromatic rings. The van der Waals surface area contributed by atoms with E-state index in [2.05, 4.69) is 141 Å². The van der Waals surface area contributed by atoms with Crippen LogP contribution in [0.25, 0.3) is 100 Å². The van der Waals surface area contributed by atoms with E-state index in [1.165, 1.54) is 0 Å². The van der Waals surface area contributed by atoms with Crippen molar-refractivity contribution in [2.45, 2.75) is 45.6 Å². The third-order valence-corrected chi connectivity index (χ3v) is 14.4. The van der Waals surface area contributed by atoms with Gasteiger partial charge < -0.3 is 13.9 Å². The topological polar surface area (TPSA) is 48.8 Å². The third-order valence-electron chi connectivity index (χ3n) is 14.4. The van der Waals surface area contributed by atoms with Crippen LogP contribution < -0.4 is 9.30 Å².